The van der Waals surface area contributed by atoms with Gasteiger partial charge in [0.25, 0.3) is 0 Å². The monoisotopic (exact) mass is 186 g/mol. The number of halogens is 1. The van der Waals surface area contributed by atoms with Gasteiger partial charge in [0.15, 0.2) is 0 Å². The lowest BCUT2D eigenvalue weighted by Gasteiger charge is -1.99. The van der Waals surface area contributed by atoms with E-state index in [-0.39, 0.29) is 0 Å². The minimum atomic E-state index is 0.790. The molecule has 1 heterocycles. The lowest BCUT2D eigenvalue weighted by Crippen LogP contribution is -2.20. The van der Waals surface area contributed by atoms with Crippen molar-refractivity contribution < 1.29 is 0 Å². The normalized spacial score (nSPS) is 11.1. The molecule has 0 atom stereocenters. The summed E-state index contributed by atoms with van der Waals surface area (Å²) in [7, 11) is 0. The maximum atomic E-state index is 5.33. The molecule has 0 saturated carbocycles. The van der Waals surface area contributed by atoms with Crippen molar-refractivity contribution in [3.05, 3.63) is 24.0 Å². The fourth-order valence-corrected chi connectivity index (χ4v) is 0.865. The molecule has 0 saturated heterocycles. The highest BCUT2D eigenvalue weighted by Gasteiger charge is 1.88. The summed E-state index contributed by atoms with van der Waals surface area (Å²) in [6.07, 6.45) is 5.35. The summed E-state index contributed by atoms with van der Waals surface area (Å²) in [5, 5.41) is 10.7. The fourth-order valence-electron chi connectivity index (χ4n) is 0.776. The molecular formula is C7H11ClN4. The van der Waals surface area contributed by atoms with Gasteiger partial charge in [0.2, 0.25) is 0 Å². The second-order valence-corrected chi connectivity index (χ2v) is 2.48. The van der Waals surface area contributed by atoms with Gasteiger partial charge in [-0.3, -0.25) is 4.68 Å². The maximum Gasteiger partial charge on any atom is 0.0692 e. The van der Waals surface area contributed by atoms with Crippen LogP contribution in [0.4, 0.5) is 0 Å². The van der Waals surface area contributed by atoms with E-state index in [9.17, 15) is 0 Å². The molecule has 5 heteroatoms. The Morgan fingerprint density at radius 2 is 2.50 bits per heavy atom. The van der Waals surface area contributed by atoms with Gasteiger partial charge in [0, 0.05) is 24.8 Å². The van der Waals surface area contributed by atoms with Crippen LogP contribution < -0.4 is 5.32 Å². The molecule has 1 aromatic rings. The summed E-state index contributed by atoms with van der Waals surface area (Å²) in [5.74, 6) is 0. The van der Waals surface area contributed by atoms with E-state index >= 15 is 0 Å². The van der Waals surface area contributed by atoms with Gasteiger partial charge in [-0.05, 0) is 0 Å². The zero-order valence-corrected chi connectivity index (χ0v) is 7.41. The van der Waals surface area contributed by atoms with Crippen LogP contribution in [0.5, 0.6) is 0 Å². The van der Waals surface area contributed by atoms with Crippen LogP contribution in [0.3, 0.4) is 0 Å². The molecule has 0 bridgehead atoms. The van der Waals surface area contributed by atoms with Crippen molar-refractivity contribution in [3.8, 4) is 0 Å². The Morgan fingerprint density at radius 1 is 1.58 bits per heavy atom. The Balaban J connectivity index is 2.03. The predicted octanol–water partition coefficient (Wildman–Crippen LogP) is 0.620. The lowest BCUT2D eigenvalue weighted by atomic mass is 10.5. The Bertz CT molecular complexity index is 219. The highest BCUT2D eigenvalue weighted by molar-refractivity contribution is 6.25. The first-order valence-corrected chi connectivity index (χ1v) is 4.17. The quantitative estimate of drug-likeness (QED) is 0.686. The molecule has 0 aromatic carbocycles. The molecule has 0 aliphatic carbocycles. The second-order valence-electron chi connectivity index (χ2n) is 2.23. The largest absolute Gasteiger partial charge is 0.311 e. The van der Waals surface area contributed by atoms with E-state index in [4.69, 9.17) is 11.6 Å². The molecule has 0 aliphatic heterocycles. The van der Waals surface area contributed by atoms with Gasteiger partial charge in [-0.1, -0.05) is 22.9 Å². The van der Waals surface area contributed by atoms with Gasteiger partial charge in [0.05, 0.1) is 12.7 Å². The van der Waals surface area contributed by atoms with Crippen LogP contribution in [0.1, 0.15) is 0 Å². The van der Waals surface area contributed by atoms with Gasteiger partial charge >= 0.3 is 0 Å². The zero-order valence-electron chi connectivity index (χ0n) is 6.65. The van der Waals surface area contributed by atoms with Crippen LogP contribution in [0.25, 0.3) is 0 Å². The van der Waals surface area contributed by atoms with Crippen LogP contribution in [-0.4, -0.2) is 28.1 Å². The van der Waals surface area contributed by atoms with Gasteiger partial charge in [-0.2, -0.15) is 0 Å². The summed E-state index contributed by atoms with van der Waals surface area (Å²) in [4.78, 5) is 0. The van der Waals surface area contributed by atoms with Crippen molar-refractivity contribution in [1.82, 2.24) is 20.3 Å². The number of hydrogen-bond donors (Lipinski definition) is 1. The molecule has 0 fully saturated rings. The molecule has 0 amide bonds. The molecule has 1 N–H and O–H groups in total. The Labute approximate surface area is 76.2 Å². The smallest absolute Gasteiger partial charge is 0.0692 e. The van der Waals surface area contributed by atoms with Gasteiger partial charge in [-0.15, -0.1) is 5.10 Å². The van der Waals surface area contributed by atoms with Crippen LogP contribution >= 0.6 is 11.6 Å². The topological polar surface area (TPSA) is 42.7 Å². The summed E-state index contributed by atoms with van der Waals surface area (Å²) < 4.78 is 1.78. The summed E-state index contributed by atoms with van der Waals surface area (Å²) in [6.45, 7) is 2.49. The first-order valence-electron chi connectivity index (χ1n) is 3.73. The molecule has 1 aromatic heterocycles. The number of hydrogen-bond acceptors (Lipinski definition) is 3. The van der Waals surface area contributed by atoms with Crippen molar-refractivity contribution in [1.29, 1.82) is 0 Å². The fraction of sp³-hybridized carbons (Fsp3) is 0.429. The van der Waals surface area contributed by atoms with Gasteiger partial charge < -0.3 is 5.32 Å². The van der Waals surface area contributed by atoms with Crippen molar-refractivity contribution >= 4 is 11.6 Å². The molecule has 0 unspecified atom stereocenters. The van der Waals surface area contributed by atoms with E-state index in [1.807, 2.05) is 12.3 Å². The first kappa shape index (κ1) is 9.22. The minimum Gasteiger partial charge on any atom is -0.311 e. The lowest BCUT2D eigenvalue weighted by molar-refractivity contribution is 0.555. The second kappa shape index (κ2) is 5.74. The maximum absolute atomic E-state index is 5.33. The number of nitrogens with zero attached hydrogens (tertiary/aromatic N) is 3. The van der Waals surface area contributed by atoms with Crippen LogP contribution in [0.2, 0.25) is 0 Å². The average molecular weight is 187 g/mol. The van der Waals surface area contributed by atoms with Crippen LogP contribution in [0, 0.1) is 0 Å². The molecule has 0 spiro atoms. The third-order valence-electron chi connectivity index (χ3n) is 1.34. The van der Waals surface area contributed by atoms with Gasteiger partial charge in [0.1, 0.15) is 0 Å². The molecular weight excluding hydrogens is 176 g/mol. The summed E-state index contributed by atoms with van der Waals surface area (Å²) >= 11 is 5.33. The van der Waals surface area contributed by atoms with E-state index in [1.165, 1.54) is 5.54 Å². The van der Waals surface area contributed by atoms with Crippen LogP contribution in [0.15, 0.2) is 24.0 Å². The van der Waals surface area contributed by atoms with E-state index in [0.29, 0.717) is 0 Å². The average Bonchev–Trinajstić information content (AvgIpc) is 2.57. The van der Waals surface area contributed by atoms with Gasteiger partial charge in [-0.25, -0.2) is 0 Å². The number of rotatable bonds is 5. The minimum absolute atomic E-state index is 0.790. The third kappa shape index (κ3) is 3.50. The zero-order chi connectivity index (χ0) is 8.65. The van der Waals surface area contributed by atoms with E-state index < -0.39 is 0 Å². The van der Waals surface area contributed by atoms with E-state index in [0.717, 1.165) is 19.6 Å². The highest BCUT2D eigenvalue weighted by atomic mass is 35.5. The molecule has 1 rings (SSSR count). The first-order chi connectivity index (χ1) is 5.93. The molecule has 0 radical (unpaired) electrons. The Morgan fingerprint density at radius 3 is 3.17 bits per heavy atom. The standard InChI is InChI=1S/C7H11ClN4/c8-2-1-3-9-4-6-12-7-5-10-11-12/h1-2,5,7,9H,3-4,6H2/b2-1+. The summed E-state index contributed by atoms with van der Waals surface area (Å²) in [5.41, 5.74) is 1.50. The Hall–Kier alpha value is -0.870. The van der Waals surface area contributed by atoms with E-state index in [2.05, 4.69) is 15.6 Å². The summed E-state index contributed by atoms with van der Waals surface area (Å²) in [6, 6.07) is 0. The SMILES string of the molecule is Cl/C=C/CNCCn1ccnn1. The third-order valence-corrected chi connectivity index (χ3v) is 1.52. The number of aromatic nitrogens is 3. The van der Waals surface area contributed by atoms with Crippen molar-refractivity contribution in [2.75, 3.05) is 13.1 Å². The molecule has 0 aliphatic rings. The van der Waals surface area contributed by atoms with E-state index in [1.54, 1.807) is 10.9 Å². The Kier molecular flexibility index (Phi) is 4.41. The highest BCUT2D eigenvalue weighted by Crippen LogP contribution is 1.79. The van der Waals surface area contributed by atoms with Crippen LogP contribution in [-0.2, 0) is 6.54 Å². The molecule has 12 heavy (non-hydrogen) atoms. The predicted molar refractivity (Wildman–Crippen MR) is 47.9 cm³/mol. The van der Waals surface area contributed by atoms with Crippen molar-refractivity contribution in [2.45, 2.75) is 6.54 Å². The van der Waals surface area contributed by atoms with Crippen molar-refractivity contribution in [3.63, 3.8) is 0 Å². The number of nitrogens with one attached hydrogen (secondary N) is 1. The van der Waals surface area contributed by atoms with Crippen molar-refractivity contribution in [2.24, 2.45) is 0 Å². The molecule has 66 valence electrons. The molecule has 4 nitrogen and oxygen atoms in total.